The van der Waals surface area contributed by atoms with Gasteiger partial charge in [0.2, 0.25) is 5.91 Å². The number of nitrogens with zero attached hydrogens (tertiary/aromatic N) is 1. The lowest BCUT2D eigenvalue weighted by Crippen LogP contribution is -2.47. The standard InChI is InChI=1S/C66H121N2O7P/c1-7-10-13-16-19-22-25-28-30-31-32-33-34-35-36-37-39-41-44-47-50-53-56-59-66(70)75-64(57-54-51-48-45-42-27-24-21-18-15-12-9-3)63(62-74-76(71,72)73-61-60-68(4,5)6)67-65(69)58-55-52-49-46-43-40-38-29-26-23-20-17-14-11-8-2/h10,13,19,22,28,30,32-33,35-36,54,57,63-64H,7-9,11-12,14-18,20-21,23-27,29,31,34,37-53,55-56,58-62H2,1-6H3,(H-,67,69,71,72)/p+1/b13-10-,22-19-,30-28-,33-32-,36-35-,57-54+. The molecule has 9 nitrogen and oxygen atoms in total. The van der Waals surface area contributed by atoms with Gasteiger partial charge in [0.15, 0.2) is 0 Å². The lowest BCUT2D eigenvalue weighted by atomic mass is 10.0. The van der Waals surface area contributed by atoms with Crippen molar-refractivity contribution in [3.8, 4) is 0 Å². The number of amides is 1. The van der Waals surface area contributed by atoms with Crippen molar-refractivity contribution in [1.82, 2.24) is 5.32 Å². The minimum absolute atomic E-state index is 0.0375. The molecule has 0 aromatic rings. The highest BCUT2D eigenvalue weighted by Crippen LogP contribution is 2.43. The minimum atomic E-state index is -4.45. The molecule has 0 spiro atoms. The van der Waals surface area contributed by atoms with Crippen LogP contribution in [0.3, 0.4) is 0 Å². The maximum absolute atomic E-state index is 13.5. The van der Waals surface area contributed by atoms with Crippen LogP contribution in [0.4, 0.5) is 0 Å². The molecule has 2 N–H and O–H groups in total. The van der Waals surface area contributed by atoms with Gasteiger partial charge in [0.1, 0.15) is 19.3 Å². The van der Waals surface area contributed by atoms with E-state index in [0.717, 1.165) is 103 Å². The van der Waals surface area contributed by atoms with Crippen LogP contribution in [0.5, 0.6) is 0 Å². The quantitative estimate of drug-likeness (QED) is 0.0205. The molecular weight excluding hydrogens is 964 g/mol. The Hall–Kier alpha value is -2.55. The van der Waals surface area contributed by atoms with Crippen LogP contribution in [-0.4, -0.2) is 74.3 Å². The fraction of sp³-hybridized carbons (Fsp3) is 0.788. The zero-order valence-electron chi connectivity index (χ0n) is 50.5. The first-order valence-corrected chi connectivity index (χ1v) is 33.3. The Morgan fingerprint density at radius 1 is 0.474 bits per heavy atom. The molecule has 0 aromatic carbocycles. The van der Waals surface area contributed by atoms with Crippen LogP contribution in [0, 0.1) is 0 Å². The number of quaternary nitrogens is 1. The predicted octanol–water partition coefficient (Wildman–Crippen LogP) is 19.6. The first-order valence-electron chi connectivity index (χ1n) is 31.8. The summed E-state index contributed by atoms with van der Waals surface area (Å²) >= 11 is 0. The van der Waals surface area contributed by atoms with Crippen molar-refractivity contribution in [1.29, 1.82) is 0 Å². The Balaban J connectivity index is 5.21. The summed E-state index contributed by atoms with van der Waals surface area (Å²) in [6.07, 6.45) is 71.8. The minimum Gasteiger partial charge on any atom is -0.456 e. The van der Waals surface area contributed by atoms with Gasteiger partial charge in [0, 0.05) is 12.8 Å². The van der Waals surface area contributed by atoms with Crippen molar-refractivity contribution < 1.29 is 37.3 Å². The number of hydrogen-bond acceptors (Lipinski definition) is 6. The highest BCUT2D eigenvalue weighted by atomic mass is 31.2. The number of nitrogens with one attached hydrogen (secondary N) is 1. The highest BCUT2D eigenvalue weighted by molar-refractivity contribution is 7.47. The average Bonchev–Trinajstić information content (AvgIpc) is 3.38. The van der Waals surface area contributed by atoms with Crippen molar-refractivity contribution in [2.45, 2.75) is 296 Å². The third kappa shape index (κ3) is 56.2. The Labute approximate surface area is 470 Å². The maximum Gasteiger partial charge on any atom is 0.472 e. The molecule has 3 unspecified atom stereocenters. The zero-order chi connectivity index (χ0) is 55.7. The van der Waals surface area contributed by atoms with Crippen LogP contribution >= 0.6 is 7.82 Å². The number of unbranched alkanes of at least 4 members (excludes halogenated alkanes) is 31. The molecule has 76 heavy (non-hydrogen) atoms. The highest BCUT2D eigenvalue weighted by Gasteiger charge is 2.30. The number of phosphoric acid groups is 1. The third-order valence-corrected chi connectivity index (χ3v) is 14.9. The van der Waals surface area contributed by atoms with Crippen LogP contribution < -0.4 is 5.32 Å². The number of hydrogen-bond donors (Lipinski definition) is 2. The van der Waals surface area contributed by atoms with Crippen molar-refractivity contribution in [2.75, 3.05) is 40.9 Å². The van der Waals surface area contributed by atoms with Crippen LogP contribution in [0.2, 0.25) is 0 Å². The van der Waals surface area contributed by atoms with E-state index in [-0.39, 0.29) is 31.5 Å². The van der Waals surface area contributed by atoms with Gasteiger partial charge < -0.3 is 19.4 Å². The van der Waals surface area contributed by atoms with Gasteiger partial charge in [-0.05, 0) is 76.7 Å². The molecule has 0 aliphatic rings. The fourth-order valence-electron chi connectivity index (χ4n) is 9.03. The van der Waals surface area contributed by atoms with Crippen molar-refractivity contribution >= 4 is 19.7 Å². The van der Waals surface area contributed by atoms with Gasteiger partial charge in [0.25, 0.3) is 0 Å². The first kappa shape index (κ1) is 73.5. The van der Waals surface area contributed by atoms with Crippen LogP contribution in [0.25, 0.3) is 0 Å². The molecule has 442 valence electrons. The number of ether oxygens (including phenoxy) is 1. The number of rotatable bonds is 57. The summed E-state index contributed by atoms with van der Waals surface area (Å²) in [5.41, 5.74) is 0. The maximum atomic E-state index is 13.5. The van der Waals surface area contributed by atoms with Gasteiger partial charge in [0.05, 0.1) is 33.8 Å². The molecule has 0 radical (unpaired) electrons. The monoisotopic (exact) mass is 1090 g/mol. The Kier molecular flexibility index (Phi) is 53.9. The largest absolute Gasteiger partial charge is 0.472 e. The molecule has 0 rings (SSSR count). The smallest absolute Gasteiger partial charge is 0.456 e. The lowest BCUT2D eigenvalue weighted by molar-refractivity contribution is -0.870. The number of esters is 1. The molecular formula is C66H122N2O7P+. The van der Waals surface area contributed by atoms with Crippen molar-refractivity contribution in [3.63, 3.8) is 0 Å². The van der Waals surface area contributed by atoms with Gasteiger partial charge in [-0.3, -0.25) is 18.6 Å². The van der Waals surface area contributed by atoms with E-state index < -0.39 is 20.0 Å². The fourth-order valence-corrected chi connectivity index (χ4v) is 9.76. The second-order valence-electron chi connectivity index (χ2n) is 22.6. The first-order chi connectivity index (χ1) is 36.9. The Morgan fingerprint density at radius 3 is 1.26 bits per heavy atom. The van der Waals surface area contributed by atoms with Gasteiger partial charge in [-0.15, -0.1) is 0 Å². The van der Waals surface area contributed by atoms with Crippen LogP contribution in [0.1, 0.15) is 284 Å². The normalized spacial score (nSPS) is 14.1. The molecule has 0 saturated heterocycles. The second kappa shape index (κ2) is 55.8. The van der Waals surface area contributed by atoms with Gasteiger partial charge in [-0.2, -0.15) is 0 Å². The molecule has 0 saturated carbocycles. The molecule has 0 aliphatic heterocycles. The third-order valence-electron chi connectivity index (χ3n) is 13.9. The molecule has 0 bridgehead atoms. The summed E-state index contributed by atoms with van der Waals surface area (Å²) in [7, 11) is 1.49. The number of carbonyl (C=O) groups is 2. The van der Waals surface area contributed by atoms with Crippen LogP contribution in [0.15, 0.2) is 72.9 Å². The number of carbonyl (C=O) groups excluding carboxylic acids is 2. The molecule has 0 aliphatic carbocycles. The summed E-state index contributed by atoms with van der Waals surface area (Å²) in [6.45, 7) is 6.91. The van der Waals surface area contributed by atoms with E-state index in [1.54, 1.807) is 0 Å². The summed E-state index contributed by atoms with van der Waals surface area (Å²) in [6, 6.07) is -0.853. The van der Waals surface area contributed by atoms with Gasteiger partial charge >= 0.3 is 13.8 Å². The average molecular weight is 1090 g/mol. The number of likely N-dealkylation sites (N-methyl/N-ethyl adjacent to an activating group) is 1. The second-order valence-corrected chi connectivity index (χ2v) is 24.0. The summed E-state index contributed by atoms with van der Waals surface area (Å²) in [5.74, 6) is -0.511. The topological polar surface area (TPSA) is 111 Å². The summed E-state index contributed by atoms with van der Waals surface area (Å²) < 4.78 is 30.7. The summed E-state index contributed by atoms with van der Waals surface area (Å²) in [5, 5.41) is 3.06. The molecule has 10 heteroatoms. The van der Waals surface area contributed by atoms with Gasteiger partial charge in [-0.25, -0.2) is 4.57 Å². The molecule has 1 amide bonds. The van der Waals surface area contributed by atoms with Gasteiger partial charge in [-0.1, -0.05) is 267 Å². The molecule has 0 aromatic heterocycles. The van der Waals surface area contributed by atoms with E-state index in [9.17, 15) is 19.0 Å². The molecule has 3 atom stereocenters. The van der Waals surface area contributed by atoms with E-state index in [2.05, 4.69) is 86.8 Å². The van der Waals surface area contributed by atoms with Crippen LogP contribution in [-0.2, 0) is 27.9 Å². The predicted molar refractivity (Wildman–Crippen MR) is 328 cm³/mol. The number of phosphoric ester groups is 1. The van der Waals surface area contributed by atoms with E-state index in [1.807, 2.05) is 33.3 Å². The van der Waals surface area contributed by atoms with Crippen molar-refractivity contribution in [3.05, 3.63) is 72.9 Å². The molecule has 0 fully saturated rings. The SMILES string of the molecule is CC/C=C\C/C=C\C/C=C\C/C=C\C/C=C\CCCCCCCCCC(=O)OC(/C=C/CCCCCCCCCCCC)C(COP(=O)(O)OCC[N+](C)(C)C)NC(=O)CCCCCCCCCCCCCCCCC. The number of allylic oxidation sites excluding steroid dienone is 11. The zero-order valence-corrected chi connectivity index (χ0v) is 51.4. The van der Waals surface area contributed by atoms with E-state index in [1.165, 1.54) is 148 Å². The van der Waals surface area contributed by atoms with E-state index >= 15 is 0 Å². The molecule has 0 heterocycles. The lowest BCUT2D eigenvalue weighted by Gasteiger charge is -2.27. The Morgan fingerprint density at radius 2 is 0.842 bits per heavy atom. The van der Waals surface area contributed by atoms with E-state index in [0.29, 0.717) is 17.4 Å². The van der Waals surface area contributed by atoms with E-state index in [4.69, 9.17) is 13.8 Å². The summed E-state index contributed by atoms with van der Waals surface area (Å²) in [4.78, 5) is 37.7. The Bertz CT molecular complexity index is 1530. The van der Waals surface area contributed by atoms with Crippen molar-refractivity contribution in [2.24, 2.45) is 0 Å².